The van der Waals surface area contributed by atoms with Crippen molar-refractivity contribution in [3.05, 3.63) is 59.2 Å². The van der Waals surface area contributed by atoms with Crippen molar-refractivity contribution < 1.29 is 13.8 Å². The summed E-state index contributed by atoms with van der Waals surface area (Å²) in [5.74, 6) is 0.888. The smallest absolute Gasteiger partial charge is 0.293 e. The van der Waals surface area contributed by atoms with Gasteiger partial charge in [0, 0.05) is 23.7 Å². The number of hydrogen-bond donors (Lipinski definition) is 0. The maximum Gasteiger partial charge on any atom is 0.293 e. The van der Waals surface area contributed by atoms with Crippen molar-refractivity contribution in [3.63, 3.8) is 0 Å². The van der Waals surface area contributed by atoms with Crippen molar-refractivity contribution in [2.75, 3.05) is 6.54 Å². The van der Waals surface area contributed by atoms with E-state index >= 15 is 0 Å². The zero-order valence-electron chi connectivity index (χ0n) is 14.2. The highest BCUT2D eigenvalue weighted by Gasteiger charge is 2.35. The van der Waals surface area contributed by atoms with E-state index in [4.69, 9.17) is 9.05 Å². The molecule has 3 heterocycles. The topological polar surface area (TPSA) is 72.4 Å². The van der Waals surface area contributed by atoms with Crippen LogP contribution in [0.2, 0.25) is 0 Å². The second kappa shape index (κ2) is 6.20. The molecule has 128 valence electrons. The highest BCUT2D eigenvalue weighted by molar-refractivity contribution is 5.93. The molecule has 1 saturated heterocycles. The standard InChI is InChI=1S/C19H19N3O3/c1-12-18(13(2)24-20-12)16-9-6-10-22(16)19(23)17-11-15(21-25-17)14-7-4-3-5-8-14/h3-5,7-8,11,16H,6,9-10H2,1-2H3/t16-/m1/s1. The molecule has 1 aliphatic rings. The Hall–Kier alpha value is -2.89. The number of carbonyl (C=O) groups excluding carboxylic acids is 1. The van der Waals surface area contributed by atoms with Crippen LogP contribution in [0.15, 0.2) is 45.4 Å². The highest BCUT2D eigenvalue weighted by Crippen LogP contribution is 2.36. The summed E-state index contributed by atoms with van der Waals surface area (Å²) < 4.78 is 10.6. The molecule has 0 N–H and O–H groups in total. The fraction of sp³-hybridized carbons (Fsp3) is 0.316. The first kappa shape index (κ1) is 15.6. The average molecular weight is 337 g/mol. The molecule has 1 fully saturated rings. The van der Waals surface area contributed by atoms with Crippen LogP contribution in [-0.2, 0) is 0 Å². The zero-order chi connectivity index (χ0) is 17.4. The zero-order valence-corrected chi connectivity index (χ0v) is 14.2. The van der Waals surface area contributed by atoms with Gasteiger partial charge in [0.2, 0.25) is 5.76 Å². The second-order valence-electron chi connectivity index (χ2n) is 6.34. The Morgan fingerprint density at radius 2 is 1.96 bits per heavy atom. The number of carbonyl (C=O) groups is 1. The van der Waals surface area contributed by atoms with Gasteiger partial charge in [-0.1, -0.05) is 40.6 Å². The molecule has 6 heteroatoms. The molecule has 1 amide bonds. The number of nitrogens with zero attached hydrogens (tertiary/aromatic N) is 3. The summed E-state index contributed by atoms with van der Waals surface area (Å²) in [5, 5.41) is 8.07. The predicted molar refractivity (Wildman–Crippen MR) is 90.9 cm³/mol. The van der Waals surface area contributed by atoms with E-state index in [1.807, 2.05) is 49.1 Å². The molecule has 25 heavy (non-hydrogen) atoms. The molecule has 6 nitrogen and oxygen atoms in total. The third-order valence-corrected chi connectivity index (χ3v) is 4.73. The van der Waals surface area contributed by atoms with Gasteiger partial charge in [0.15, 0.2) is 0 Å². The van der Waals surface area contributed by atoms with Crippen LogP contribution in [-0.4, -0.2) is 27.7 Å². The van der Waals surface area contributed by atoms with E-state index in [0.29, 0.717) is 12.2 Å². The summed E-state index contributed by atoms with van der Waals surface area (Å²) >= 11 is 0. The minimum Gasteiger partial charge on any atom is -0.361 e. The second-order valence-corrected chi connectivity index (χ2v) is 6.34. The van der Waals surface area contributed by atoms with Crippen molar-refractivity contribution in [2.24, 2.45) is 0 Å². The average Bonchev–Trinajstić information content (AvgIpc) is 3.35. The molecule has 1 aromatic carbocycles. The lowest BCUT2D eigenvalue weighted by molar-refractivity contribution is 0.0692. The summed E-state index contributed by atoms with van der Waals surface area (Å²) in [6.45, 7) is 4.49. The Kier molecular flexibility index (Phi) is 3.87. The molecule has 1 atom stereocenters. The first-order valence-electron chi connectivity index (χ1n) is 8.41. The largest absolute Gasteiger partial charge is 0.361 e. The monoisotopic (exact) mass is 337 g/mol. The number of hydrogen-bond acceptors (Lipinski definition) is 5. The lowest BCUT2D eigenvalue weighted by Gasteiger charge is -2.23. The van der Waals surface area contributed by atoms with E-state index in [-0.39, 0.29) is 17.7 Å². The van der Waals surface area contributed by atoms with Crippen LogP contribution in [0.4, 0.5) is 0 Å². The highest BCUT2D eigenvalue weighted by atomic mass is 16.5. The van der Waals surface area contributed by atoms with Crippen LogP contribution >= 0.6 is 0 Å². The van der Waals surface area contributed by atoms with Gasteiger partial charge in [0.25, 0.3) is 5.91 Å². The molecule has 0 radical (unpaired) electrons. The van der Waals surface area contributed by atoms with E-state index in [0.717, 1.165) is 35.4 Å². The SMILES string of the molecule is Cc1noc(C)c1[C@H]1CCCN1C(=O)c1cc(-c2ccccc2)no1. The lowest BCUT2D eigenvalue weighted by Crippen LogP contribution is -2.30. The summed E-state index contributed by atoms with van der Waals surface area (Å²) in [4.78, 5) is 14.8. The molecule has 4 rings (SSSR count). The summed E-state index contributed by atoms with van der Waals surface area (Å²) in [7, 11) is 0. The Morgan fingerprint density at radius 3 is 2.68 bits per heavy atom. The van der Waals surface area contributed by atoms with Gasteiger partial charge in [0.1, 0.15) is 11.5 Å². The third kappa shape index (κ3) is 2.73. The molecule has 0 spiro atoms. The Morgan fingerprint density at radius 1 is 1.16 bits per heavy atom. The van der Waals surface area contributed by atoms with E-state index < -0.39 is 0 Å². The van der Waals surface area contributed by atoms with Gasteiger partial charge >= 0.3 is 0 Å². The first-order chi connectivity index (χ1) is 12.1. The molecule has 0 saturated carbocycles. The van der Waals surface area contributed by atoms with Crippen LogP contribution in [0.3, 0.4) is 0 Å². The van der Waals surface area contributed by atoms with Gasteiger partial charge in [-0.2, -0.15) is 0 Å². The van der Waals surface area contributed by atoms with Gasteiger partial charge in [-0.25, -0.2) is 0 Å². The molecule has 1 aliphatic heterocycles. The van der Waals surface area contributed by atoms with E-state index in [2.05, 4.69) is 10.3 Å². The number of aryl methyl sites for hydroxylation is 2. The molecule has 0 aliphatic carbocycles. The van der Waals surface area contributed by atoms with E-state index in [1.165, 1.54) is 0 Å². The third-order valence-electron chi connectivity index (χ3n) is 4.73. The molecule has 0 bridgehead atoms. The summed E-state index contributed by atoms with van der Waals surface area (Å²) in [5.41, 5.74) is 3.43. The Labute approximate surface area is 145 Å². The normalized spacial score (nSPS) is 17.2. The fourth-order valence-corrected chi connectivity index (χ4v) is 3.54. The van der Waals surface area contributed by atoms with Crippen LogP contribution in [0.5, 0.6) is 0 Å². The van der Waals surface area contributed by atoms with Crippen LogP contribution in [0.25, 0.3) is 11.3 Å². The maximum absolute atomic E-state index is 13.0. The minimum atomic E-state index is -0.141. The predicted octanol–water partition coefficient (Wildman–Crippen LogP) is 3.92. The van der Waals surface area contributed by atoms with Gasteiger partial charge in [-0.05, 0) is 26.7 Å². The van der Waals surface area contributed by atoms with Crippen molar-refractivity contribution in [3.8, 4) is 11.3 Å². The molecule has 2 aromatic heterocycles. The van der Waals surface area contributed by atoms with Crippen molar-refractivity contribution >= 4 is 5.91 Å². The maximum atomic E-state index is 13.0. The van der Waals surface area contributed by atoms with Crippen molar-refractivity contribution in [2.45, 2.75) is 32.7 Å². The summed E-state index contributed by atoms with van der Waals surface area (Å²) in [6, 6.07) is 11.4. The minimum absolute atomic E-state index is 0.0241. The van der Waals surface area contributed by atoms with E-state index in [1.54, 1.807) is 6.07 Å². The Bertz CT molecular complexity index is 878. The van der Waals surface area contributed by atoms with Crippen LogP contribution in [0.1, 0.15) is 46.5 Å². The number of benzene rings is 1. The molecular formula is C19H19N3O3. The first-order valence-corrected chi connectivity index (χ1v) is 8.41. The van der Waals surface area contributed by atoms with Crippen LogP contribution < -0.4 is 0 Å². The van der Waals surface area contributed by atoms with Gasteiger partial charge in [-0.3, -0.25) is 4.79 Å². The van der Waals surface area contributed by atoms with E-state index in [9.17, 15) is 4.79 Å². The molecule has 0 unspecified atom stereocenters. The van der Waals surface area contributed by atoms with Crippen molar-refractivity contribution in [1.82, 2.24) is 15.2 Å². The number of rotatable bonds is 3. The van der Waals surface area contributed by atoms with Crippen LogP contribution in [0, 0.1) is 13.8 Å². The summed E-state index contributed by atoms with van der Waals surface area (Å²) in [6.07, 6.45) is 1.84. The molecule has 3 aromatic rings. The van der Waals surface area contributed by atoms with Gasteiger partial charge < -0.3 is 13.9 Å². The molecular weight excluding hydrogens is 318 g/mol. The Balaban J connectivity index is 1.61. The van der Waals surface area contributed by atoms with Gasteiger partial charge in [0.05, 0.1) is 11.7 Å². The van der Waals surface area contributed by atoms with Crippen molar-refractivity contribution in [1.29, 1.82) is 0 Å². The quantitative estimate of drug-likeness (QED) is 0.724. The lowest BCUT2D eigenvalue weighted by atomic mass is 10.0. The fourth-order valence-electron chi connectivity index (χ4n) is 3.54. The number of aromatic nitrogens is 2. The number of amides is 1. The van der Waals surface area contributed by atoms with Gasteiger partial charge in [-0.15, -0.1) is 0 Å². The number of likely N-dealkylation sites (tertiary alicyclic amines) is 1.